The van der Waals surface area contributed by atoms with E-state index < -0.39 is 0 Å². The van der Waals surface area contributed by atoms with E-state index in [1.54, 1.807) is 0 Å². The van der Waals surface area contributed by atoms with Crippen molar-refractivity contribution < 1.29 is 4.42 Å². The molecular weight excluding hydrogens is 242 g/mol. The molecule has 18 heavy (non-hydrogen) atoms. The van der Waals surface area contributed by atoms with Crippen molar-refractivity contribution in [2.75, 3.05) is 6.54 Å². The molecule has 98 valence electrons. The Morgan fingerprint density at radius 3 is 2.56 bits per heavy atom. The Morgan fingerprint density at radius 2 is 2.06 bits per heavy atom. The smallest absolute Gasteiger partial charge is 0.125 e. The molecule has 0 aliphatic rings. The third-order valence-corrected chi connectivity index (χ3v) is 4.10. The number of aryl methyl sites for hydroxylation is 3. The molecule has 2 aromatic heterocycles. The predicted octanol–water partition coefficient (Wildman–Crippen LogP) is 4.22. The number of thiophene rings is 1. The van der Waals surface area contributed by atoms with Gasteiger partial charge in [0.25, 0.3) is 0 Å². The van der Waals surface area contributed by atoms with Gasteiger partial charge in [-0.25, -0.2) is 0 Å². The second-order valence-electron chi connectivity index (χ2n) is 4.52. The summed E-state index contributed by atoms with van der Waals surface area (Å²) < 4.78 is 5.91. The Bertz CT molecular complexity index is 512. The lowest BCUT2D eigenvalue weighted by Gasteiger charge is -2.15. The van der Waals surface area contributed by atoms with Gasteiger partial charge in [-0.1, -0.05) is 13.8 Å². The van der Waals surface area contributed by atoms with E-state index in [4.69, 9.17) is 4.42 Å². The standard InChI is InChI=1S/C15H21NOS/c1-5-12-7-8-14(17-12)15(16-6-2)13-9-10(3)18-11(13)4/h7-9,15-16H,5-6H2,1-4H3. The molecule has 1 atom stereocenters. The second-order valence-corrected chi connectivity index (χ2v) is 5.98. The molecule has 0 spiro atoms. The van der Waals surface area contributed by atoms with E-state index in [0.29, 0.717) is 0 Å². The first-order chi connectivity index (χ1) is 8.65. The van der Waals surface area contributed by atoms with E-state index in [-0.39, 0.29) is 6.04 Å². The topological polar surface area (TPSA) is 25.2 Å². The molecule has 0 aliphatic carbocycles. The number of nitrogens with one attached hydrogen (secondary N) is 1. The van der Waals surface area contributed by atoms with E-state index in [0.717, 1.165) is 24.5 Å². The first kappa shape index (κ1) is 13.4. The van der Waals surface area contributed by atoms with Crippen molar-refractivity contribution >= 4 is 11.3 Å². The Morgan fingerprint density at radius 1 is 1.28 bits per heavy atom. The molecule has 0 fully saturated rings. The summed E-state index contributed by atoms with van der Waals surface area (Å²) in [5.74, 6) is 2.08. The van der Waals surface area contributed by atoms with Crippen LogP contribution in [0.4, 0.5) is 0 Å². The Labute approximate surface area is 113 Å². The van der Waals surface area contributed by atoms with Gasteiger partial charge in [-0.3, -0.25) is 0 Å². The molecule has 1 N–H and O–H groups in total. The summed E-state index contributed by atoms with van der Waals surface area (Å²) in [5, 5.41) is 3.52. The summed E-state index contributed by atoms with van der Waals surface area (Å²) >= 11 is 1.85. The van der Waals surface area contributed by atoms with Crippen LogP contribution in [0, 0.1) is 13.8 Å². The van der Waals surface area contributed by atoms with Crippen molar-refractivity contribution in [2.45, 2.75) is 40.2 Å². The van der Waals surface area contributed by atoms with Crippen LogP contribution in [0.3, 0.4) is 0 Å². The van der Waals surface area contributed by atoms with Gasteiger partial charge in [0, 0.05) is 16.2 Å². The molecular formula is C15H21NOS. The van der Waals surface area contributed by atoms with Crippen LogP contribution in [0.15, 0.2) is 22.6 Å². The van der Waals surface area contributed by atoms with Crippen molar-refractivity contribution in [3.8, 4) is 0 Å². The highest BCUT2D eigenvalue weighted by atomic mass is 32.1. The first-order valence-electron chi connectivity index (χ1n) is 6.54. The van der Waals surface area contributed by atoms with Gasteiger partial charge >= 0.3 is 0 Å². The van der Waals surface area contributed by atoms with Crippen LogP contribution in [-0.2, 0) is 6.42 Å². The van der Waals surface area contributed by atoms with Gasteiger partial charge in [0.05, 0.1) is 6.04 Å². The quantitative estimate of drug-likeness (QED) is 0.873. The molecule has 2 nitrogen and oxygen atoms in total. The Kier molecular flexibility index (Phi) is 4.25. The largest absolute Gasteiger partial charge is 0.464 e. The monoisotopic (exact) mass is 263 g/mol. The maximum Gasteiger partial charge on any atom is 0.125 e. The van der Waals surface area contributed by atoms with E-state index in [9.17, 15) is 0 Å². The summed E-state index contributed by atoms with van der Waals surface area (Å²) in [7, 11) is 0. The second kappa shape index (κ2) is 5.72. The zero-order valence-corrected chi connectivity index (χ0v) is 12.4. The van der Waals surface area contributed by atoms with Crippen LogP contribution in [-0.4, -0.2) is 6.54 Å². The molecule has 2 rings (SSSR count). The summed E-state index contributed by atoms with van der Waals surface area (Å²) in [6, 6.07) is 6.62. The fourth-order valence-electron chi connectivity index (χ4n) is 2.24. The Hall–Kier alpha value is -1.06. The number of furan rings is 1. The summed E-state index contributed by atoms with van der Waals surface area (Å²) in [4.78, 5) is 2.72. The Balaban J connectivity index is 2.36. The van der Waals surface area contributed by atoms with Crippen molar-refractivity contribution in [2.24, 2.45) is 0 Å². The molecule has 0 aliphatic heterocycles. The number of rotatable bonds is 5. The summed E-state index contributed by atoms with van der Waals surface area (Å²) in [6.07, 6.45) is 0.945. The van der Waals surface area contributed by atoms with Gasteiger partial charge in [0.15, 0.2) is 0 Å². The normalized spacial score (nSPS) is 12.9. The lowest BCUT2D eigenvalue weighted by molar-refractivity contribution is 0.425. The molecule has 0 aromatic carbocycles. The lowest BCUT2D eigenvalue weighted by atomic mass is 10.1. The molecule has 0 saturated carbocycles. The average Bonchev–Trinajstić information content (AvgIpc) is 2.93. The molecule has 3 heteroatoms. The van der Waals surface area contributed by atoms with Gasteiger partial charge in [0.1, 0.15) is 11.5 Å². The highest BCUT2D eigenvalue weighted by Crippen LogP contribution is 2.31. The van der Waals surface area contributed by atoms with Crippen LogP contribution < -0.4 is 5.32 Å². The molecule has 0 amide bonds. The summed E-state index contributed by atoms with van der Waals surface area (Å²) in [5.41, 5.74) is 1.34. The minimum absolute atomic E-state index is 0.181. The average molecular weight is 263 g/mol. The van der Waals surface area contributed by atoms with Crippen LogP contribution in [0.5, 0.6) is 0 Å². The molecule has 0 radical (unpaired) electrons. The molecule has 0 saturated heterocycles. The number of hydrogen-bond donors (Lipinski definition) is 1. The van der Waals surface area contributed by atoms with Gasteiger partial charge in [-0.05, 0) is 44.2 Å². The van der Waals surface area contributed by atoms with Gasteiger partial charge in [0.2, 0.25) is 0 Å². The van der Waals surface area contributed by atoms with Crippen LogP contribution in [0.1, 0.15) is 46.7 Å². The number of hydrogen-bond acceptors (Lipinski definition) is 3. The van der Waals surface area contributed by atoms with E-state index in [1.165, 1.54) is 15.3 Å². The zero-order valence-electron chi connectivity index (χ0n) is 11.5. The van der Waals surface area contributed by atoms with Gasteiger partial charge in [-0.2, -0.15) is 0 Å². The molecule has 0 bridgehead atoms. The minimum atomic E-state index is 0.181. The first-order valence-corrected chi connectivity index (χ1v) is 7.36. The van der Waals surface area contributed by atoms with Crippen molar-refractivity contribution in [3.63, 3.8) is 0 Å². The maximum absolute atomic E-state index is 5.91. The zero-order chi connectivity index (χ0) is 13.1. The maximum atomic E-state index is 5.91. The SMILES string of the molecule is CCNC(c1ccc(CC)o1)c1cc(C)sc1C. The molecule has 2 aromatic rings. The molecule has 1 unspecified atom stereocenters. The van der Waals surface area contributed by atoms with E-state index >= 15 is 0 Å². The minimum Gasteiger partial charge on any atom is -0.464 e. The molecule has 2 heterocycles. The van der Waals surface area contributed by atoms with E-state index in [1.807, 2.05) is 11.3 Å². The van der Waals surface area contributed by atoms with Gasteiger partial charge in [-0.15, -0.1) is 11.3 Å². The van der Waals surface area contributed by atoms with Crippen molar-refractivity contribution in [3.05, 3.63) is 45.0 Å². The van der Waals surface area contributed by atoms with Crippen LogP contribution in [0.2, 0.25) is 0 Å². The van der Waals surface area contributed by atoms with Crippen molar-refractivity contribution in [1.82, 2.24) is 5.32 Å². The fraction of sp³-hybridized carbons (Fsp3) is 0.467. The third-order valence-electron chi connectivity index (χ3n) is 3.11. The van der Waals surface area contributed by atoms with Crippen LogP contribution in [0.25, 0.3) is 0 Å². The highest BCUT2D eigenvalue weighted by molar-refractivity contribution is 7.12. The van der Waals surface area contributed by atoms with Crippen LogP contribution >= 0.6 is 11.3 Å². The highest BCUT2D eigenvalue weighted by Gasteiger charge is 2.20. The van der Waals surface area contributed by atoms with Crippen molar-refractivity contribution in [1.29, 1.82) is 0 Å². The predicted molar refractivity (Wildman–Crippen MR) is 77.4 cm³/mol. The van der Waals surface area contributed by atoms with E-state index in [2.05, 4.69) is 51.2 Å². The van der Waals surface area contributed by atoms with Gasteiger partial charge < -0.3 is 9.73 Å². The summed E-state index contributed by atoms with van der Waals surface area (Å²) in [6.45, 7) is 9.52. The lowest BCUT2D eigenvalue weighted by Crippen LogP contribution is -2.21. The third kappa shape index (κ3) is 2.68. The fourth-order valence-corrected chi connectivity index (χ4v) is 3.21.